The highest BCUT2D eigenvalue weighted by atomic mass is 32.2. The Labute approximate surface area is 162 Å². The van der Waals surface area contributed by atoms with Gasteiger partial charge in [-0.25, -0.2) is 13.1 Å². The second-order valence-electron chi connectivity index (χ2n) is 6.07. The van der Waals surface area contributed by atoms with Crippen LogP contribution in [0.4, 0.5) is 0 Å². The van der Waals surface area contributed by atoms with Crippen molar-refractivity contribution < 1.29 is 18.3 Å². The Hall–Kier alpha value is -2.69. The number of carboxylic acid groups (broad SMARTS) is 1. The Kier molecular flexibility index (Phi) is 7.32. The SMILES string of the molecule is CCC(=O)O.NCCCCNS(=O)(=O)c1ccc2[nH]c(=O)c3[nH]ccc3c2c1. The molecule has 3 rings (SSSR count). The molecule has 10 heteroatoms. The van der Waals surface area contributed by atoms with Crippen molar-refractivity contribution in [3.05, 3.63) is 40.8 Å². The molecule has 0 amide bonds. The molecule has 2 heterocycles. The molecule has 0 saturated carbocycles. The smallest absolute Gasteiger partial charge is 0.303 e. The van der Waals surface area contributed by atoms with E-state index in [2.05, 4.69) is 14.7 Å². The number of rotatable bonds is 7. The molecule has 152 valence electrons. The van der Waals surface area contributed by atoms with Crippen molar-refractivity contribution >= 4 is 37.8 Å². The molecule has 0 aliphatic heterocycles. The molecule has 6 N–H and O–H groups in total. The van der Waals surface area contributed by atoms with Crippen molar-refractivity contribution in [2.75, 3.05) is 13.1 Å². The van der Waals surface area contributed by atoms with Crippen molar-refractivity contribution in [3.8, 4) is 0 Å². The minimum Gasteiger partial charge on any atom is -0.481 e. The van der Waals surface area contributed by atoms with Gasteiger partial charge in [0.1, 0.15) is 5.52 Å². The number of aliphatic carboxylic acids is 1. The molecule has 1 aromatic carbocycles. The highest BCUT2D eigenvalue weighted by Gasteiger charge is 2.15. The van der Waals surface area contributed by atoms with E-state index in [0.29, 0.717) is 41.3 Å². The summed E-state index contributed by atoms with van der Waals surface area (Å²) in [5.74, 6) is -0.745. The van der Waals surface area contributed by atoms with Gasteiger partial charge in [-0.3, -0.25) is 9.59 Å². The lowest BCUT2D eigenvalue weighted by Gasteiger charge is -2.08. The number of nitrogens with one attached hydrogen (secondary N) is 3. The first-order chi connectivity index (χ1) is 13.3. The van der Waals surface area contributed by atoms with Crippen molar-refractivity contribution in [3.63, 3.8) is 0 Å². The van der Waals surface area contributed by atoms with Crippen molar-refractivity contribution in [2.24, 2.45) is 5.73 Å². The topological polar surface area (TPSA) is 158 Å². The van der Waals surface area contributed by atoms with Crippen LogP contribution in [0, 0.1) is 0 Å². The fraction of sp³-hybridized carbons (Fsp3) is 0.333. The zero-order chi connectivity index (χ0) is 20.7. The van der Waals surface area contributed by atoms with Crippen LogP contribution in [0.2, 0.25) is 0 Å². The number of hydrogen-bond donors (Lipinski definition) is 5. The Morgan fingerprint density at radius 1 is 1.21 bits per heavy atom. The van der Waals surface area contributed by atoms with Gasteiger partial charge in [-0.15, -0.1) is 0 Å². The molecule has 0 fully saturated rings. The highest BCUT2D eigenvalue weighted by Crippen LogP contribution is 2.23. The number of unbranched alkanes of at least 4 members (excludes halogenated alkanes) is 1. The van der Waals surface area contributed by atoms with Gasteiger partial charge in [0.15, 0.2) is 0 Å². The van der Waals surface area contributed by atoms with Gasteiger partial charge < -0.3 is 20.8 Å². The first kappa shape index (κ1) is 21.6. The van der Waals surface area contributed by atoms with Gasteiger partial charge in [-0.05, 0) is 43.7 Å². The molecule has 2 aromatic heterocycles. The largest absolute Gasteiger partial charge is 0.481 e. The van der Waals surface area contributed by atoms with Crippen LogP contribution in [0.1, 0.15) is 26.2 Å². The van der Waals surface area contributed by atoms with E-state index in [0.717, 1.165) is 6.42 Å². The van der Waals surface area contributed by atoms with E-state index in [-0.39, 0.29) is 16.9 Å². The van der Waals surface area contributed by atoms with Crippen LogP contribution < -0.4 is 16.0 Å². The van der Waals surface area contributed by atoms with Crippen molar-refractivity contribution in [2.45, 2.75) is 31.1 Å². The molecule has 0 atom stereocenters. The molecule has 0 bridgehead atoms. The van der Waals surface area contributed by atoms with E-state index in [9.17, 15) is 18.0 Å². The van der Waals surface area contributed by atoms with E-state index in [1.165, 1.54) is 6.07 Å². The van der Waals surface area contributed by atoms with Crippen LogP contribution in [0.25, 0.3) is 21.8 Å². The summed E-state index contributed by atoms with van der Waals surface area (Å²) in [6.07, 6.45) is 3.34. The number of aromatic amines is 2. The summed E-state index contributed by atoms with van der Waals surface area (Å²) in [5, 5.41) is 9.11. The first-order valence-corrected chi connectivity index (χ1v) is 10.3. The molecule has 3 aromatic rings. The van der Waals surface area contributed by atoms with Crippen LogP contribution in [-0.4, -0.2) is 42.6 Å². The van der Waals surface area contributed by atoms with E-state index < -0.39 is 16.0 Å². The van der Waals surface area contributed by atoms with E-state index in [1.54, 1.807) is 31.3 Å². The lowest BCUT2D eigenvalue weighted by atomic mass is 10.1. The molecule has 0 aliphatic rings. The lowest BCUT2D eigenvalue weighted by Crippen LogP contribution is -2.25. The summed E-state index contributed by atoms with van der Waals surface area (Å²) in [7, 11) is -3.59. The molecule has 0 aliphatic carbocycles. The van der Waals surface area contributed by atoms with Crippen LogP contribution >= 0.6 is 0 Å². The zero-order valence-electron chi connectivity index (χ0n) is 15.5. The fourth-order valence-corrected chi connectivity index (χ4v) is 3.65. The monoisotopic (exact) mass is 408 g/mol. The first-order valence-electron chi connectivity index (χ1n) is 8.84. The summed E-state index contributed by atoms with van der Waals surface area (Å²) in [6.45, 7) is 2.49. The van der Waals surface area contributed by atoms with Crippen LogP contribution in [0.5, 0.6) is 0 Å². The van der Waals surface area contributed by atoms with Crippen molar-refractivity contribution in [1.29, 1.82) is 0 Å². The second-order valence-corrected chi connectivity index (χ2v) is 7.84. The summed E-state index contributed by atoms with van der Waals surface area (Å²) in [4.78, 5) is 27.1. The van der Waals surface area contributed by atoms with E-state index >= 15 is 0 Å². The normalized spacial score (nSPS) is 11.4. The standard InChI is InChI=1S/C15H18N4O3S.C3H6O2/c16-6-1-2-7-18-23(21,22)10-3-4-13-12(9-10)11-5-8-17-14(11)15(20)19-13;1-2-3(4)5/h3-5,8-9,17-18H,1-2,6-7,16H2,(H,19,20);2H2,1H3,(H,4,5). The van der Waals surface area contributed by atoms with Gasteiger partial charge in [-0.2, -0.15) is 0 Å². The molecule has 0 spiro atoms. The quantitative estimate of drug-likeness (QED) is 0.373. The minimum atomic E-state index is -3.59. The van der Waals surface area contributed by atoms with E-state index in [4.69, 9.17) is 10.8 Å². The number of H-pyrrole nitrogens is 2. The van der Waals surface area contributed by atoms with Crippen LogP contribution in [0.15, 0.2) is 40.2 Å². The molecule has 9 nitrogen and oxygen atoms in total. The van der Waals surface area contributed by atoms with Gasteiger partial charge in [0.25, 0.3) is 5.56 Å². The molecule has 28 heavy (non-hydrogen) atoms. The number of hydrogen-bond acceptors (Lipinski definition) is 5. The number of aromatic nitrogens is 2. The summed E-state index contributed by atoms with van der Waals surface area (Å²) in [5.41, 5.74) is 6.20. The van der Waals surface area contributed by atoms with Gasteiger partial charge in [-0.1, -0.05) is 6.92 Å². The lowest BCUT2D eigenvalue weighted by molar-refractivity contribution is -0.136. The average molecular weight is 408 g/mol. The number of carboxylic acids is 1. The molecule has 0 radical (unpaired) electrons. The Balaban J connectivity index is 0.000000500. The van der Waals surface area contributed by atoms with Gasteiger partial charge in [0.05, 0.1) is 4.90 Å². The summed E-state index contributed by atoms with van der Waals surface area (Å²) >= 11 is 0. The Morgan fingerprint density at radius 3 is 2.57 bits per heavy atom. The second kappa shape index (κ2) is 9.49. The Bertz CT molecular complexity index is 1120. The number of nitrogens with two attached hydrogens (primary N) is 1. The zero-order valence-corrected chi connectivity index (χ0v) is 16.3. The number of fused-ring (bicyclic) bond motifs is 3. The minimum absolute atomic E-state index is 0.173. The number of sulfonamides is 1. The maximum absolute atomic E-state index is 12.4. The predicted molar refractivity (Wildman–Crippen MR) is 108 cm³/mol. The van der Waals surface area contributed by atoms with Crippen molar-refractivity contribution in [1.82, 2.24) is 14.7 Å². The van der Waals surface area contributed by atoms with Gasteiger partial charge >= 0.3 is 5.97 Å². The third-order valence-electron chi connectivity index (χ3n) is 4.04. The van der Waals surface area contributed by atoms with Gasteiger partial charge in [0.2, 0.25) is 10.0 Å². The third-order valence-corrected chi connectivity index (χ3v) is 5.50. The molecular weight excluding hydrogens is 384 g/mol. The maximum atomic E-state index is 12.4. The van der Waals surface area contributed by atoms with Crippen LogP contribution in [-0.2, 0) is 14.8 Å². The fourth-order valence-electron chi connectivity index (χ4n) is 2.55. The molecular formula is C18H24N4O5S. The third kappa shape index (κ3) is 5.18. The average Bonchev–Trinajstić information content (AvgIpc) is 3.16. The van der Waals surface area contributed by atoms with E-state index in [1.807, 2.05) is 0 Å². The number of pyridine rings is 1. The maximum Gasteiger partial charge on any atom is 0.303 e. The number of carbonyl (C=O) groups is 1. The number of benzene rings is 1. The highest BCUT2D eigenvalue weighted by molar-refractivity contribution is 7.89. The molecule has 0 saturated heterocycles. The summed E-state index contributed by atoms with van der Waals surface area (Å²) in [6, 6.07) is 6.43. The summed E-state index contributed by atoms with van der Waals surface area (Å²) < 4.78 is 27.3. The predicted octanol–water partition coefficient (Wildman–Crippen LogP) is 1.51. The van der Waals surface area contributed by atoms with Gasteiger partial charge in [0, 0.05) is 35.5 Å². The molecule has 0 unspecified atom stereocenters. The van der Waals surface area contributed by atoms with Crippen LogP contribution in [0.3, 0.4) is 0 Å². The Morgan fingerprint density at radius 2 is 1.93 bits per heavy atom.